The first kappa shape index (κ1) is 12.0. The zero-order chi connectivity index (χ0) is 12.3. The summed E-state index contributed by atoms with van der Waals surface area (Å²) < 4.78 is 0. The van der Waals surface area contributed by atoms with Gasteiger partial charge in [-0.2, -0.15) is 0 Å². The molecule has 0 aromatic carbocycles. The van der Waals surface area contributed by atoms with Crippen molar-refractivity contribution in [2.24, 2.45) is 5.73 Å². The van der Waals surface area contributed by atoms with Crippen molar-refractivity contribution in [2.75, 3.05) is 5.32 Å². The molecular weight excluding hydrogens is 258 g/mol. The Morgan fingerprint density at radius 2 is 2.29 bits per heavy atom. The van der Waals surface area contributed by atoms with E-state index < -0.39 is 6.04 Å². The average molecular weight is 268 g/mol. The molecule has 2 rings (SSSR count). The number of carbonyl (C=O) groups excluding carboxylic acids is 1. The molecule has 0 saturated heterocycles. The van der Waals surface area contributed by atoms with Crippen LogP contribution in [0.3, 0.4) is 0 Å². The minimum atomic E-state index is -0.689. The number of hydrogen-bond acceptors (Lipinski definition) is 4. The summed E-state index contributed by atoms with van der Waals surface area (Å²) in [6.45, 7) is 0. The van der Waals surface area contributed by atoms with Crippen LogP contribution < -0.4 is 11.1 Å². The number of halogens is 1. The molecule has 0 aliphatic rings. The topological polar surface area (TPSA) is 68.0 Å². The molecule has 0 aliphatic heterocycles. The van der Waals surface area contributed by atoms with Gasteiger partial charge < -0.3 is 11.1 Å². The molecule has 1 unspecified atom stereocenters. The van der Waals surface area contributed by atoms with Crippen LogP contribution in [0.25, 0.3) is 0 Å². The molecule has 2 aromatic rings. The van der Waals surface area contributed by atoms with Crippen molar-refractivity contribution < 1.29 is 4.79 Å². The van der Waals surface area contributed by atoms with Crippen LogP contribution in [0, 0.1) is 0 Å². The lowest BCUT2D eigenvalue weighted by atomic mass is 10.2. The van der Waals surface area contributed by atoms with E-state index in [1.165, 1.54) is 11.3 Å². The molecule has 0 aliphatic carbocycles. The van der Waals surface area contributed by atoms with Crippen molar-refractivity contribution in [3.05, 3.63) is 45.9 Å². The van der Waals surface area contributed by atoms with E-state index in [1.807, 2.05) is 17.5 Å². The zero-order valence-electron chi connectivity index (χ0n) is 8.76. The van der Waals surface area contributed by atoms with Gasteiger partial charge >= 0.3 is 0 Å². The van der Waals surface area contributed by atoms with Gasteiger partial charge in [0.1, 0.15) is 6.04 Å². The highest BCUT2D eigenvalue weighted by molar-refractivity contribution is 7.10. The smallest absolute Gasteiger partial charge is 0.246 e. The van der Waals surface area contributed by atoms with Crippen molar-refractivity contribution in [2.45, 2.75) is 6.04 Å². The third kappa shape index (κ3) is 2.82. The molecule has 4 nitrogen and oxygen atoms in total. The highest BCUT2D eigenvalue weighted by Crippen LogP contribution is 2.21. The van der Waals surface area contributed by atoms with Crippen LogP contribution in [-0.4, -0.2) is 10.9 Å². The van der Waals surface area contributed by atoms with E-state index in [4.69, 9.17) is 17.3 Å². The van der Waals surface area contributed by atoms with Crippen LogP contribution in [0.1, 0.15) is 10.9 Å². The van der Waals surface area contributed by atoms with Crippen LogP contribution in [0.2, 0.25) is 5.15 Å². The minimum Gasteiger partial charge on any atom is -0.322 e. The predicted molar refractivity (Wildman–Crippen MR) is 69.1 cm³/mol. The molecule has 17 heavy (non-hydrogen) atoms. The van der Waals surface area contributed by atoms with Crippen molar-refractivity contribution in [1.29, 1.82) is 0 Å². The Kier molecular flexibility index (Phi) is 3.73. The second-order valence-corrected chi connectivity index (χ2v) is 4.66. The monoisotopic (exact) mass is 267 g/mol. The van der Waals surface area contributed by atoms with E-state index >= 15 is 0 Å². The lowest BCUT2D eigenvalue weighted by molar-refractivity contribution is -0.117. The maximum Gasteiger partial charge on any atom is 0.246 e. The van der Waals surface area contributed by atoms with Crippen molar-refractivity contribution in [1.82, 2.24) is 4.98 Å². The summed E-state index contributed by atoms with van der Waals surface area (Å²) in [5.41, 5.74) is 6.28. The Balaban J connectivity index is 2.10. The normalized spacial score (nSPS) is 12.1. The second-order valence-electron chi connectivity index (χ2n) is 3.32. The van der Waals surface area contributed by atoms with Crippen molar-refractivity contribution in [3.63, 3.8) is 0 Å². The summed E-state index contributed by atoms with van der Waals surface area (Å²) >= 11 is 7.27. The summed E-state index contributed by atoms with van der Waals surface area (Å²) in [5.74, 6) is -0.303. The fraction of sp³-hybridized carbons (Fsp3) is 0.0909. The van der Waals surface area contributed by atoms with Gasteiger partial charge in [0.05, 0.1) is 5.69 Å². The molecule has 0 fully saturated rings. The predicted octanol–water partition coefficient (Wildman–Crippen LogP) is 2.44. The first-order valence-electron chi connectivity index (χ1n) is 4.89. The van der Waals surface area contributed by atoms with Crippen LogP contribution in [0.15, 0.2) is 35.8 Å². The maximum absolute atomic E-state index is 11.8. The van der Waals surface area contributed by atoms with Gasteiger partial charge in [0, 0.05) is 11.1 Å². The van der Waals surface area contributed by atoms with Gasteiger partial charge in [0.25, 0.3) is 0 Å². The average Bonchev–Trinajstić information content (AvgIpc) is 2.84. The molecule has 0 saturated carbocycles. The van der Waals surface area contributed by atoms with E-state index in [0.29, 0.717) is 5.69 Å². The summed E-state index contributed by atoms with van der Waals surface area (Å²) in [6.07, 6.45) is 1.55. The SMILES string of the molecule is NC(C(=O)Nc1cccnc1Cl)c1cccs1. The fourth-order valence-corrected chi connectivity index (χ4v) is 2.18. The molecule has 2 aromatic heterocycles. The van der Waals surface area contributed by atoms with Gasteiger partial charge in [0.2, 0.25) is 5.91 Å². The highest BCUT2D eigenvalue weighted by atomic mass is 35.5. The van der Waals surface area contributed by atoms with E-state index in [2.05, 4.69) is 10.3 Å². The van der Waals surface area contributed by atoms with E-state index in [1.54, 1.807) is 18.3 Å². The Labute approximate surface area is 107 Å². The number of nitrogens with one attached hydrogen (secondary N) is 1. The van der Waals surface area contributed by atoms with Crippen LogP contribution in [-0.2, 0) is 4.79 Å². The molecule has 1 amide bonds. The van der Waals surface area contributed by atoms with Gasteiger partial charge in [-0.25, -0.2) is 4.98 Å². The van der Waals surface area contributed by atoms with Crippen molar-refractivity contribution >= 4 is 34.5 Å². The lowest BCUT2D eigenvalue weighted by Crippen LogP contribution is -2.27. The largest absolute Gasteiger partial charge is 0.322 e. The van der Waals surface area contributed by atoms with Gasteiger partial charge in [-0.1, -0.05) is 17.7 Å². The van der Waals surface area contributed by atoms with Crippen LogP contribution in [0.4, 0.5) is 5.69 Å². The molecular formula is C11H10ClN3OS. The maximum atomic E-state index is 11.8. The lowest BCUT2D eigenvalue weighted by Gasteiger charge is -2.11. The second kappa shape index (κ2) is 5.27. The Morgan fingerprint density at radius 1 is 1.47 bits per heavy atom. The number of nitrogens with zero attached hydrogens (tertiary/aromatic N) is 1. The summed E-state index contributed by atoms with van der Waals surface area (Å²) in [7, 11) is 0. The molecule has 88 valence electrons. The van der Waals surface area contributed by atoms with Gasteiger partial charge in [-0.3, -0.25) is 4.79 Å². The number of amides is 1. The fourth-order valence-electron chi connectivity index (χ4n) is 1.29. The molecule has 0 bridgehead atoms. The zero-order valence-corrected chi connectivity index (χ0v) is 10.3. The number of carbonyl (C=O) groups is 1. The highest BCUT2D eigenvalue weighted by Gasteiger charge is 2.17. The van der Waals surface area contributed by atoms with Gasteiger partial charge in [-0.15, -0.1) is 11.3 Å². The summed E-state index contributed by atoms with van der Waals surface area (Å²) in [4.78, 5) is 16.5. The first-order chi connectivity index (χ1) is 8.18. The molecule has 0 radical (unpaired) electrons. The number of aromatic nitrogens is 1. The summed E-state index contributed by atoms with van der Waals surface area (Å²) in [6, 6.07) is 6.35. The van der Waals surface area contributed by atoms with Crippen LogP contribution in [0.5, 0.6) is 0 Å². The molecule has 6 heteroatoms. The number of nitrogens with two attached hydrogens (primary N) is 1. The summed E-state index contributed by atoms with van der Waals surface area (Å²) in [5, 5.41) is 4.77. The number of anilines is 1. The Hall–Kier alpha value is -1.43. The van der Waals surface area contributed by atoms with Crippen molar-refractivity contribution in [3.8, 4) is 0 Å². The first-order valence-corrected chi connectivity index (χ1v) is 6.14. The number of thiophene rings is 1. The van der Waals surface area contributed by atoms with E-state index in [0.717, 1.165) is 4.88 Å². The van der Waals surface area contributed by atoms with Gasteiger partial charge in [-0.05, 0) is 23.6 Å². The van der Waals surface area contributed by atoms with E-state index in [-0.39, 0.29) is 11.1 Å². The number of hydrogen-bond donors (Lipinski definition) is 2. The molecule has 3 N–H and O–H groups in total. The van der Waals surface area contributed by atoms with E-state index in [9.17, 15) is 4.79 Å². The minimum absolute atomic E-state index is 0.249. The Morgan fingerprint density at radius 3 is 2.94 bits per heavy atom. The Bertz CT molecular complexity index is 515. The molecule has 2 heterocycles. The third-order valence-electron chi connectivity index (χ3n) is 2.15. The van der Waals surface area contributed by atoms with Gasteiger partial charge in [0.15, 0.2) is 5.15 Å². The standard InChI is InChI=1S/C11H10ClN3OS/c12-10-7(3-1-5-14-10)15-11(16)9(13)8-4-2-6-17-8/h1-6,9H,13H2,(H,15,16). The third-order valence-corrected chi connectivity index (χ3v) is 3.41. The quantitative estimate of drug-likeness (QED) is 0.840. The number of pyridine rings is 1. The molecule has 1 atom stereocenters. The molecule has 0 spiro atoms. The number of rotatable bonds is 3. The van der Waals surface area contributed by atoms with Crippen LogP contribution >= 0.6 is 22.9 Å².